The van der Waals surface area contributed by atoms with Gasteiger partial charge in [-0.05, 0) is 30.7 Å². The zero-order chi connectivity index (χ0) is 13.4. The van der Waals surface area contributed by atoms with Crippen LogP contribution in [0.5, 0.6) is 0 Å². The Hall–Kier alpha value is -2.28. The van der Waals surface area contributed by atoms with Crippen LogP contribution in [-0.2, 0) is 12.8 Å². The lowest BCUT2D eigenvalue weighted by Gasteiger charge is -2.08. The van der Waals surface area contributed by atoms with Crippen LogP contribution in [0.15, 0.2) is 28.9 Å². The SMILES string of the molecule is C(=NNc1c2c(nc3ncnn13)CCC2)c1cccs1. The van der Waals surface area contributed by atoms with Crippen LogP contribution < -0.4 is 5.43 Å². The summed E-state index contributed by atoms with van der Waals surface area (Å²) in [6.07, 6.45) is 6.47. The number of fused-ring (bicyclic) bond motifs is 2. The summed E-state index contributed by atoms with van der Waals surface area (Å²) in [6.45, 7) is 0. The van der Waals surface area contributed by atoms with E-state index in [0.717, 1.165) is 35.7 Å². The van der Waals surface area contributed by atoms with Gasteiger partial charge in [-0.3, -0.25) is 5.43 Å². The number of thiophene rings is 1. The Morgan fingerprint density at radius 2 is 2.40 bits per heavy atom. The summed E-state index contributed by atoms with van der Waals surface area (Å²) in [5, 5.41) is 10.6. The minimum atomic E-state index is 0.625. The highest BCUT2D eigenvalue weighted by Gasteiger charge is 2.20. The van der Waals surface area contributed by atoms with E-state index in [1.807, 2.05) is 23.7 Å². The second-order valence-corrected chi connectivity index (χ2v) is 5.58. The third-order valence-electron chi connectivity index (χ3n) is 3.36. The number of rotatable bonds is 3. The van der Waals surface area contributed by atoms with Crippen LogP contribution in [0, 0.1) is 0 Å². The third-order valence-corrected chi connectivity index (χ3v) is 4.16. The van der Waals surface area contributed by atoms with Crippen molar-refractivity contribution in [1.82, 2.24) is 19.6 Å². The van der Waals surface area contributed by atoms with Gasteiger partial charge in [-0.2, -0.15) is 19.7 Å². The number of hydrogen-bond acceptors (Lipinski definition) is 6. The average Bonchev–Trinajstić information content (AvgIpc) is 3.18. The normalized spacial score (nSPS) is 14.2. The highest BCUT2D eigenvalue weighted by molar-refractivity contribution is 7.11. The Morgan fingerprint density at radius 1 is 1.40 bits per heavy atom. The molecular weight excluding hydrogens is 272 g/mol. The van der Waals surface area contributed by atoms with Crippen LogP contribution in [0.3, 0.4) is 0 Å². The molecule has 0 atom stereocenters. The van der Waals surface area contributed by atoms with Gasteiger partial charge in [0.2, 0.25) is 0 Å². The lowest BCUT2D eigenvalue weighted by atomic mass is 10.2. The summed E-state index contributed by atoms with van der Waals surface area (Å²) in [7, 11) is 0. The zero-order valence-corrected chi connectivity index (χ0v) is 11.5. The molecule has 0 amide bonds. The highest BCUT2D eigenvalue weighted by Crippen LogP contribution is 2.27. The smallest absolute Gasteiger partial charge is 0.254 e. The molecule has 0 bridgehead atoms. The largest absolute Gasteiger partial charge is 0.261 e. The van der Waals surface area contributed by atoms with Crippen molar-refractivity contribution in [3.63, 3.8) is 0 Å². The first kappa shape index (κ1) is 11.5. The van der Waals surface area contributed by atoms with Crippen molar-refractivity contribution in [3.8, 4) is 0 Å². The number of aromatic nitrogens is 4. The molecule has 0 spiro atoms. The van der Waals surface area contributed by atoms with E-state index in [-0.39, 0.29) is 0 Å². The monoisotopic (exact) mass is 284 g/mol. The minimum Gasteiger partial charge on any atom is -0.261 e. The molecular formula is C13H12N6S. The van der Waals surface area contributed by atoms with Crippen LogP contribution in [0.1, 0.15) is 22.6 Å². The van der Waals surface area contributed by atoms with E-state index < -0.39 is 0 Å². The minimum absolute atomic E-state index is 0.625. The number of anilines is 1. The lowest BCUT2D eigenvalue weighted by Crippen LogP contribution is -2.06. The van der Waals surface area contributed by atoms with Crippen LogP contribution >= 0.6 is 11.3 Å². The van der Waals surface area contributed by atoms with Crippen molar-refractivity contribution in [2.75, 3.05) is 5.43 Å². The predicted octanol–water partition coefficient (Wildman–Crippen LogP) is 2.12. The van der Waals surface area contributed by atoms with Crippen molar-refractivity contribution >= 4 is 29.1 Å². The molecule has 4 rings (SSSR count). The molecule has 3 aromatic heterocycles. The quantitative estimate of drug-likeness (QED) is 0.591. The number of hydrazone groups is 1. The molecule has 7 heteroatoms. The van der Waals surface area contributed by atoms with Gasteiger partial charge in [0.25, 0.3) is 5.78 Å². The summed E-state index contributed by atoms with van der Waals surface area (Å²) >= 11 is 1.65. The first-order valence-electron chi connectivity index (χ1n) is 6.46. The molecule has 20 heavy (non-hydrogen) atoms. The Balaban J connectivity index is 1.73. The fourth-order valence-corrected chi connectivity index (χ4v) is 3.05. The van der Waals surface area contributed by atoms with Gasteiger partial charge in [0.1, 0.15) is 6.33 Å². The number of hydrogen-bond donors (Lipinski definition) is 1. The molecule has 6 nitrogen and oxygen atoms in total. The highest BCUT2D eigenvalue weighted by atomic mass is 32.1. The van der Waals surface area contributed by atoms with Crippen molar-refractivity contribution in [2.45, 2.75) is 19.3 Å². The van der Waals surface area contributed by atoms with E-state index in [9.17, 15) is 0 Å². The molecule has 0 saturated carbocycles. The average molecular weight is 284 g/mol. The van der Waals surface area contributed by atoms with Gasteiger partial charge in [0.05, 0.1) is 11.9 Å². The molecule has 0 aromatic carbocycles. The topological polar surface area (TPSA) is 67.5 Å². The molecule has 0 fully saturated rings. The van der Waals surface area contributed by atoms with Gasteiger partial charge in [0.15, 0.2) is 5.82 Å². The number of aryl methyl sites for hydroxylation is 1. The van der Waals surface area contributed by atoms with Crippen LogP contribution in [-0.4, -0.2) is 25.8 Å². The molecule has 3 heterocycles. The summed E-state index contributed by atoms with van der Waals surface area (Å²) in [5.41, 5.74) is 5.42. The van der Waals surface area contributed by atoms with Gasteiger partial charge in [-0.25, -0.2) is 4.98 Å². The van der Waals surface area contributed by atoms with Gasteiger partial charge in [0, 0.05) is 10.4 Å². The van der Waals surface area contributed by atoms with Crippen molar-refractivity contribution in [2.24, 2.45) is 5.10 Å². The van der Waals surface area contributed by atoms with Crippen molar-refractivity contribution in [3.05, 3.63) is 40.0 Å². The molecule has 0 unspecified atom stereocenters. The molecule has 0 radical (unpaired) electrons. The Kier molecular flexibility index (Phi) is 2.70. The van der Waals surface area contributed by atoms with E-state index in [1.54, 1.807) is 15.9 Å². The fraction of sp³-hybridized carbons (Fsp3) is 0.231. The van der Waals surface area contributed by atoms with Crippen molar-refractivity contribution < 1.29 is 0 Å². The van der Waals surface area contributed by atoms with E-state index in [4.69, 9.17) is 0 Å². The molecule has 1 aliphatic rings. The first-order valence-corrected chi connectivity index (χ1v) is 7.34. The van der Waals surface area contributed by atoms with Gasteiger partial charge >= 0.3 is 0 Å². The Bertz CT molecular complexity index is 774. The van der Waals surface area contributed by atoms with E-state index >= 15 is 0 Å². The zero-order valence-electron chi connectivity index (χ0n) is 10.7. The molecule has 0 aliphatic heterocycles. The van der Waals surface area contributed by atoms with Gasteiger partial charge in [-0.1, -0.05) is 6.07 Å². The standard InChI is InChI=1S/C13H12N6S/c1-4-10-11(5-1)17-13-14-8-16-19(13)12(10)18-15-7-9-3-2-6-20-9/h2-3,6-8,18H,1,4-5H2. The summed E-state index contributed by atoms with van der Waals surface area (Å²) in [4.78, 5) is 9.81. The molecule has 100 valence electrons. The summed E-state index contributed by atoms with van der Waals surface area (Å²) in [5.74, 6) is 1.51. The Morgan fingerprint density at radius 3 is 3.30 bits per heavy atom. The Labute approximate surface area is 119 Å². The maximum Gasteiger partial charge on any atom is 0.254 e. The summed E-state index contributed by atoms with van der Waals surface area (Å²) in [6, 6.07) is 4.03. The van der Waals surface area contributed by atoms with E-state index in [0.29, 0.717) is 5.78 Å². The van der Waals surface area contributed by atoms with Crippen LogP contribution in [0.4, 0.5) is 5.82 Å². The maximum atomic E-state index is 4.53. The predicted molar refractivity (Wildman–Crippen MR) is 78.3 cm³/mol. The first-order chi connectivity index (χ1) is 9.92. The molecule has 1 aliphatic carbocycles. The van der Waals surface area contributed by atoms with Gasteiger partial charge in [-0.15, -0.1) is 11.3 Å². The van der Waals surface area contributed by atoms with Crippen molar-refractivity contribution in [1.29, 1.82) is 0 Å². The fourth-order valence-electron chi connectivity index (χ4n) is 2.46. The molecule has 3 aromatic rings. The third kappa shape index (κ3) is 1.87. The van der Waals surface area contributed by atoms with Crippen LogP contribution in [0.25, 0.3) is 5.78 Å². The maximum absolute atomic E-state index is 4.53. The van der Waals surface area contributed by atoms with E-state index in [2.05, 4.69) is 25.6 Å². The molecule has 0 saturated heterocycles. The van der Waals surface area contributed by atoms with E-state index in [1.165, 1.54) is 11.9 Å². The van der Waals surface area contributed by atoms with Gasteiger partial charge < -0.3 is 0 Å². The van der Waals surface area contributed by atoms with Crippen LogP contribution in [0.2, 0.25) is 0 Å². The second kappa shape index (κ2) is 4.68. The lowest BCUT2D eigenvalue weighted by molar-refractivity contribution is 0.900. The number of nitrogens with zero attached hydrogens (tertiary/aromatic N) is 5. The number of nitrogens with one attached hydrogen (secondary N) is 1. The molecule has 1 N–H and O–H groups in total. The second-order valence-electron chi connectivity index (χ2n) is 4.60. The summed E-state index contributed by atoms with van der Waals surface area (Å²) < 4.78 is 1.72.